The van der Waals surface area contributed by atoms with Gasteiger partial charge >= 0.3 is 12.2 Å². The Morgan fingerprint density at radius 3 is 2.08 bits per heavy atom. The number of carbonyl (C=O) groups is 2. The van der Waals surface area contributed by atoms with Crippen LogP contribution in [0.25, 0.3) is 10.9 Å². The molecular weight excluding hydrogens is 310 g/mol. The third-order valence-corrected chi connectivity index (χ3v) is 2.83. The molecule has 0 unspecified atom stereocenters. The summed E-state index contributed by atoms with van der Waals surface area (Å²) in [5, 5.41) is 0.752. The molecule has 1 aromatic heterocycles. The molecule has 0 saturated heterocycles. The summed E-state index contributed by atoms with van der Waals surface area (Å²) in [7, 11) is 0. The molecule has 2 aromatic rings. The molecule has 0 atom stereocenters. The topological polar surface area (TPSA) is 66.8 Å². The second-order valence-electron chi connectivity index (χ2n) is 7.42. The van der Waals surface area contributed by atoms with Gasteiger partial charge in [-0.1, -0.05) is 18.2 Å². The van der Waals surface area contributed by atoms with Crippen molar-refractivity contribution in [2.45, 2.75) is 52.7 Å². The minimum absolute atomic E-state index is 0.0553. The van der Waals surface area contributed by atoms with Gasteiger partial charge in [0, 0.05) is 11.5 Å². The number of carbonyl (C=O) groups excluding carboxylic acids is 2. The molecule has 0 aliphatic heterocycles. The van der Waals surface area contributed by atoms with E-state index in [4.69, 9.17) is 14.2 Å². The van der Waals surface area contributed by atoms with E-state index in [0.717, 1.165) is 5.39 Å². The first-order chi connectivity index (χ1) is 11.0. The Bertz CT molecular complexity index is 762. The van der Waals surface area contributed by atoms with Gasteiger partial charge in [0.05, 0.1) is 5.52 Å². The first-order valence-corrected chi connectivity index (χ1v) is 7.71. The zero-order chi connectivity index (χ0) is 18.1. The number of aromatic nitrogens is 1. The van der Waals surface area contributed by atoms with Crippen molar-refractivity contribution < 1.29 is 23.8 Å². The van der Waals surface area contributed by atoms with Crippen LogP contribution in [0.15, 0.2) is 30.3 Å². The van der Waals surface area contributed by atoms with E-state index in [1.807, 2.05) is 12.1 Å². The van der Waals surface area contributed by atoms with Gasteiger partial charge in [0.1, 0.15) is 11.2 Å². The Labute approximate surface area is 141 Å². The van der Waals surface area contributed by atoms with E-state index in [9.17, 15) is 9.59 Å². The van der Waals surface area contributed by atoms with Gasteiger partial charge in [-0.2, -0.15) is 0 Å². The SMILES string of the molecule is CC(C)(C)OC(=O)Oc1cc2ccccc2n1C(=O)OC(C)(C)C. The fraction of sp³-hybridized carbons (Fsp3) is 0.444. The van der Waals surface area contributed by atoms with Crippen LogP contribution in [0.4, 0.5) is 9.59 Å². The Hall–Kier alpha value is -2.50. The lowest BCUT2D eigenvalue weighted by Crippen LogP contribution is -2.29. The summed E-state index contributed by atoms with van der Waals surface area (Å²) in [5.74, 6) is 0.0553. The average molecular weight is 333 g/mol. The molecule has 0 fully saturated rings. The van der Waals surface area contributed by atoms with Gasteiger partial charge in [-0.25, -0.2) is 14.2 Å². The van der Waals surface area contributed by atoms with Crippen molar-refractivity contribution in [2.24, 2.45) is 0 Å². The smallest absolute Gasteiger partial charge is 0.443 e. The van der Waals surface area contributed by atoms with Crippen molar-refractivity contribution >= 4 is 23.2 Å². The molecule has 1 heterocycles. The van der Waals surface area contributed by atoms with Crippen LogP contribution in [0.5, 0.6) is 5.88 Å². The maximum atomic E-state index is 12.5. The molecule has 0 radical (unpaired) electrons. The van der Waals surface area contributed by atoms with Crippen LogP contribution in [-0.4, -0.2) is 28.0 Å². The van der Waals surface area contributed by atoms with Crippen LogP contribution in [0, 0.1) is 0 Å². The number of ether oxygens (including phenoxy) is 3. The van der Waals surface area contributed by atoms with Crippen molar-refractivity contribution in [2.75, 3.05) is 0 Å². The van der Waals surface area contributed by atoms with Crippen molar-refractivity contribution in [3.8, 4) is 5.88 Å². The molecule has 0 saturated carbocycles. The Balaban J connectivity index is 2.40. The lowest BCUT2D eigenvalue weighted by molar-refractivity contribution is 0.0184. The minimum atomic E-state index is -0.880. The molecule has 1 aromatic carbocycles. The number of benzene rings is 1. The van der Waals surface area contributed by atoms with Crippen LogP contribution in [0.2, 0.25) is 0 Å². The normalized spacial score (nSPS) is 12.1. The highest BCUT2D eigenvalue weighted by Crippen LogP contribution is 2.27. The lowest BCUT2D eigenvalue weighted by atomic mass is 10.2. The highest BCUT2D eigenvalue weighted by Gasteiger charge is 2.25. The Morgan fingerprint density at radius 1 is 0.917 bits per heavy atom. The first kappa shape index (κ1) is 17.8. The van der Waals surface area contributed by atoms with E-state index < -0.39 is 23.5 Å². The Kier molecular flexibility index (Phi) is 4.60. The van der Waals surface area contributed by atoms with Gasteiger partial charge in [0.25, 0.3) is 0 Å². The quantitative estimate of drug-likeness (QED) is 0.705. The summed E-state index contributed by atoms with van der Waals surface area (Å²) >= 11 is 0. The van der Waals surface area contributed by atoms with Gasteiger partial charge in [0.2, 0.25) is 5.88 Å². The van der Waals surface area contributed by atoms with Crippen LogP contribution in [0.1, 0.15) is 41.5 Å². The van der Waals surface area contributed by atoms with Gasteiger partial charge in [-0.05, 0) is 47.6 Å². The van der Waals surface area contributed by atoms with Crippen LogP contribution >= 0.6 is 0 Å². The second kappa shape index (κ2) is 6.19. The molecule has 0 spiro atoms. The lowest BCUT2D eigenvalue weighted by Gasteiger charge is -2.21. The zero-order valence-corrected chi connectivity index (χ0v) is 14.9. The monoisotopic (exact) mass is 333 g/mol. The standard InChI is InChI=1S/C18H23NO5/c1-17(2,3)23-15(20)19-13-10-8-7-9-12(13)11-14(19)22-16(21)24-18(4,5)6/h7-11H,1-6H3. The maximum absolute atomic E-state index is 12.5. The Morgan fingerprint density at radius 2 is 1.50 bits per heavy atom. The van der Waals surface area contributed by atoms with Gasteiger partial charge in [-0.3, -0.25) is 0 Å². The fourth-order valence-electron chi connectivity index (χ4n) is 2.06. The van der Waals surface area contributed by atoms with Crippen molar-refractivity contribution in [3.63, 3.8) is 0 Å². The molecule has 0 aliphatic carbocycles. The maximum Gasteiger partial charge on any atom is 0.515 e. The zero-order valence-electron chi connectivity index (χ0n) is 14.9. The molecule has 2 rings (SSSR count). The van der Waals surface area contributed by atoms with E-state index in [0.29, 0.717) is 5.52 Å². The predicted molar refractivity (Wildman–Crippen MR) is 90.4 cm³/mol. The number of fused-ring (bicyclic) bond motifs is 1. The van der Waals surface area contributed by atoms with Gasteiger partial charge in [0.15, 0.2) is 0 Å². The predicted octanol–water partition coefficient (Wildman–Crippen LogP) is 4.74. The number of hydrogen-bond acceptors (Lipinski definition) is 5. The largest absolute Gasteiger partial charge is 0.515 e. The summed E-state index contributed by atoms with van der Waals surface area (Å²) in [6.45, 7) is 10.5. The van der Waals surface area contributed by atoms with Crippen LogP contribution < -0.4 is 4.74 Å². The molecule has 0 amide bonds. The van der Waals surface area contributed by atoms with Crippen molar-refractivity contribution in [1.82, 2.24) is 4.57 Å². The summed E-state index contributed by atoms with van der Waals surface area (Å²) in [6, 6.07) is 8.79. The molecule has 0 aliphatic rings. The third kappa shape index (κ3) is 4.50. The molecule has 0 N–H and O–H groups in total. The molecule has 0 bridgehead atoms. The van der Waals surface area contributed by atoms with Crippen LogP contribution in [-0.2, 0) is 9.47 Å². The van der Waals surface area contributed by atoms with Gasteiger partial charge < -0.3 is 14.2 Å². The molecule has 130 valence electrons. The van der Waals surface area contributed by atoms with E-state index in [1.54, 1.807) is 59.7 Å². The van der Waals surface area contributed by atoms with Crippen LogP contribution in [0.3, 0.4) is 0 Å². The summed E-state index contributed by atoms with van der Waals surface area (Å²) in [6.07, 6.45) is -1.50. The average Bonchev–Trinajstić information content (AvgIpc) is 2.71. The molecular formula is C18H23NO5. The molecule has 6 heteroatoms. The van der Waals surface area contributed by atoms with E-state index in [-0.39, 0.29) is 5.88 Å². The minimum Gasteiger partial charge on any atom is -0.443 e. The van der Waals surface area contributed by atoms with Crippen molar-refractivity contribution in [1.29, 1.82) is 0 Å². The van der Waals surface area contributed by atoms with E-state index in [2.05, 4.69) is 0 Å². The second-order valence-corrected chi connectivity index (χ2v) is 7.42. The highest BCUT2D eigenvalue weighted by molar-refractivity contribution is 5.92. The summed E-state index contributed by atoms with van der Waals surface area (Å²) in [5.41, 5.74) is -0.781. The van der Waals surface area contributed by atoms with Gasteiger partial charge in [-0.15, -0.1) is 0 Å². The number of nitrogens with zero attached hydrogens (tertiary/aromatic N) is 1. The summed E-state index contributed by atoms with van der Waals surface area (Å²) in [4.78, 5) is 24.5. The van der Waals surface area contributed by atoms with Crippen molar-refractivity contribution in [3.05, 3.63) is 30.3 Å². The number of para-hydroxylation sites is 1. The number of rotatable bonds is 1. The number of hydrogen-bond donors (Lipinski definition) is 0. The van der Waals surface area contributed by atoms with E-state index >= 15 is 0 Å². The summed E-state index contributed by atoms with van der Waals surface area (Å²) < 4.78 is 17.0. The first-order valence-electron chi connectivity index (χ1n) is 7.71. The molecule has 24 heavy (non-hydrogen) atoms. The molecule has 6 nitrogen and oxygen atoms in total. The third-order valence-electron chi connectivity index (χ3n) is 2.83. The highest BCUT2D eigenvalue weighted by atomic mass is 16.7. The fourth-order valence-corrected chi connectivity index (χ4v) is 2.06. The van der Waals surface area contributed by atoms with E-state index in [1.165, 1.54) is 4.57 Å².